The maximum atomic E-state index is 12.8. The van der Waals surface area contributed by atoms with Gasteiger partial charge in [0, 0.05) is 25.7 Å². The lowest BCUT2D eigenvalue weighted by Gasteiger charge is -2.30. The minimum Gasteiger partial charge on any atom is -0.378 e. The Morgan fingerprint density at radius 3 is 2.54 bits per heavy atom. The number of carbonyl (C=O) groups excluding carboxylic acids is 2. The second-order valence-electron chi connectivity index (χ2n) is 7.07. The van der Waals surface area contributed by atoms with E-state index in [0.29, 0.717) is 50.3 Å². The number of hydrogen-bond acceptors (Lipinski definition) is 4. The second kappa shape index (κ2) is 9.42. The lowest BCUT2D eigenvalue weighted by molar-refractivity contribution is -0.132. The van der Waals surface area contributed by atoms with E-state index in [9.17, 15) is 9.59 Å². The first kappa shape index (κ1) is 19.2. The lowest BCUT2D eigenvalue weighted by Crippen LogP contribution is -2.42. The van der Waals surface area contributed by atoms with Crippen LogP contribution in [0.1, 0.15) is 25.3 Å². The summed E-state index contributed by atoms with van der Waals surface area (Å²) in [6, 6.07) is 10.4. The maximum absolute atomic E-state index is 12.8. The summed E-state index contributed by atoms with van der Waals surface area (Å²) >= 11 is 1.43. The van der Waals surface area contributed by atoms with Gasteiger partial charge in [-0.25, -0.2) is 0 Å². The first-order valence-electron chi connectivity index (χ1n) is 9.42. The van der Waals surface area contributed by atoms with Crippen LogP contribution < -0.4 is 0 Å². The molecule has 5 nitrogen and oxygen atoms in total. The predicted molar refractivity (Wildman–Crippen MR) is 104 cm³/mol. The van der Waals surface area contributed by atoms with Crippen molar-refractivity contribution < 1.29 is 14.3 Å². The van der Waals surface area contributed by atoms with Crippen LogP contribution >= 0.6 is 11.8 Å². The number of thioether (sulfide) groups is 1. The molecule has 1 aliphatic heterocycles. The van der Waals surface area contributed by atoms with E-state index in [0.717, 1.165) is 5.56 Å². The summed E-state index contributed by atoms with van der Waals surface area (Å²) in [5.41, 5.74) is 1.16. The molecule has 1 atom stereocenters. The van der Waals surface area contributed by atoms with Gasteiger partial charge in [0.15, 0.2) is 0 Å². The van der Waals surface area contributed by atoms with E-state index in [1.807, 2.05) is 28.0 Å². The van der Waals surface area contributed by atoms with Crippen molar-refractivity contribution in [1.29, 1.82) is 0 Å². The quantitative estimate of drug-likeness (QED) is 0.699. The summed E-state index contributed by atoms with van der Waals surface area (Å²) in [5.74, 6) is 1.59. The topological polar surface area (TPSA) is 49.9 Å². The molecule has 1 unspecified atom stereocenters. The van der Waals surface area contributed by atoms with Crippen molar-refractivity contribution in [2.45, 2.75) is 32.4 Å². The minimum absolute atomic E-state index is 0.107. The molecule has 0 aromatic heterocycles. The smallest absolute Gasteiger partial charge is 0.233 e. The summed E-state index contributed by atoms with van der Waals surface area (Å²) < 4.78 is 5.27. The van der Waals surface area contributed by atoms with Crippen LogP contribution in [0.5, 0.6) is 0 Å². The monoisotopic (exact) mass is 376 g/mol. The van der Waals surface area contributed by atoms with Gasteiger partial charge in [0.2, 0.25) is 11.8 Å². The lowest BCUT2D eigenvalue weighted by atomic mass is 10.1. The summed E-state index contributed by atoms with van der Waals surface area (Å²) in [4.78, 5) is 28.9. The number of rotatable bonds is 8. The van der Waals surface area contributed by atoms with Gasteiger partial charge in [-0.3, -0.25) is 9.59 Å². The first-order valence-corrected chi connectivity index (χ1v) is 10.6. The van der Waals surface area contributed by atoms with E-state index >= 15 is 0 Å². The molecule has 0 spiro atoms. The fraction of sp³-hybridized carbons (Fsp3) is 0.600. The van der Waals surface area contributed by atoms with E-state index in [-0.39, 0.29) is 17.9 Å². The Kier molecular flexibility index (Phi) is 6.97. The number of ether oxygens (including phenoxy) is 1. The highest BCUT2D eigenvalue weighted by atomic mass is 32.2. The molecule has 2 aliphatic rings. The Labute approximate surface area is 160 Å². The molecule has 1 saturated carbocycles. The number of hydrogen-bond donors (Lipinski definition) is 0. The van der Waals surface area contributed by atoms with Crippen molar-refractivity contribution in [2.24, 2.45) is 5.92 Å². The molecular weight excluding hydrogens is 348 g/mol. The van der Waals surface area contributed by atoms with Gasteiger partial charge in [-0.2, -0.15) is 0 Å². The predicted octanol–water partition coefficient (Wildman–Crippen LogP) is 2.41. The maximum Gasteiger partial charge on any atom is 0.233 e. The summed E-state index contributed by atoms with van der Waals surface area (Å²) in [7, 11) is 0. The van der Waals surface area contributed by atoms with Crippen molar-refractivity contribution in [3.05, 3.63) is 35.9 Å². The second-order valence-corrected chi connectivity index (χ2v) is 8.06. The molecule has 0 radical (unpaired) electrons. The molecule has 2 amide bonds. The molecule has 26 heavy (non-hydrogen) atoms. The van der Waals surface area contributed by atoms with Crippen LogP contribution in [-0.2, 0) is 20.9 Å². The van der Waals surface area contributed by atoms with Gasteiger partial charge < -0.3 is 14.5 Å². The zero-order chi connectivity index (χ0) is 18.4. The third-order valence-electron chi connectivity index (χ3n) is 5.13. The van der Waals surface area contributed by atoms with Gasteiger partial charge in [-0.05, 0) is 31.2 Å². The van der Waals surface area contributed by atoms with E-state index < -0.39 is 0 Å². The number of carbonyl (C=O) groups is 2. The average molecular weight is 377 g/mol. The molecule has 1 heterocycles. The first-order chi connectivity index (χ1) is 12.6. The molecule has 1 aliphatic carbocycles. The number of benzene rings is 1. The molecule has 1 aromatic rings. The Bertz CT molecular complexity index is 600. The molecule has 6 heteroatoms. The summed E-state index contributed by atoms with van der Waals surface area (Å²) in [5, 5.41) is 0. The Hall–Kier alpha value is -1.53. The fourth-order valence-electron chi connectivity index (χ4n) is 3.29. The summed E-state index contributed by atoms with van der Waals surface area (Å²) in [6.45, 7) is 5.34. The highest BCUT2D eigenvalue weighted by molar-refractivity contribution is 8.00. The van der Waals surface area contributed by atoms with Crippen molar-refractivity contribution in [3.63, 3.8) is 0 Å². The molecule has 0 bridgehead atoms. The number of morpholine rings is 1. The highest BCUT2D eigenvalue weighted by Gasteiger charge is 2.34. The van der Waals surface area contributed by atoms with Crippen molar-refractivity contribution >= 4 is 23.6 Å². The Morgan fingerprint density at radius 2 is 1.88 bits per heavy atom. The molecule has 1 aromatic carbocycles. The molecule has 2 fully saturated rings. The van der Waals surface area contributed by atoms with Crippen LogP contribution in [0.25, 0.3) is 0 Å². The third-order valence-corrected chi connectivity index (χ3v) is 6.03. The molecule has 0 N–H and O–H groups in total. The van der Waals surface area contributed by atoms with Crippen LogP contribution in [-0.4, -0.2) is 65.5 Å². The van der Waals surface area contributed by atoms with E-state index in [1.54, 1.807) is 0 Å². The molecule has 142 valence electrons. The molecular formula is C20H28N2O3S. The Morgan fingerprint density at radius 1 is 1.19 bits per heavy atom. The molecule has 1 saturated heterocycles. The van der Waals surface area contributed by atoms with Gasteiger partial charge in [0.1, 0.15) is 0 Å². The van der Waals surface area contributed by atoms with Crippen LogP contribution in [0.4, 0.5) is 0 Å². The summed E-state index contributed by atoms with van der Waals surface area (Å²) in [6.07, 6.45) is 2.42. The molecule has 3 rings (SSSR count). The van der Waals surface area contributed by atoms with Crippen LogP contribution in [0.2, 0.25) is 0 Å². The van der Waals surface area contributed by atoms with Gasteiger partial charge in [0.25, 0.3) is 0 Å². The van der Waals surface area contributed by atoms with E-state index in [2.05, 4.69) is 19.1 Å². The van der Waals surface area contributed by atoms with Crippen LogP contribution in [0, 0.1) is 5.92 Å². The zero-order valence-electron chi connectivity index (χ0n) is 15.4. The van der Waals surface area contributed by atoms with Crippen molar-refractivity contribution in [3.8, 4) is 0 Å². The Balaban J connectivity index is 1.50. The van der Waals surface area contributed by atoms with Crippen molar-refractivity contribution in [1.82, 2.24) is 9.80 Å². The number of nitrogens with zero attached hydrogens (tertiary/aromatic N) is 2. The highest BCUT2D eigenvalue weighted by Crippen LogP contribution is 2.36. The number of amides is 2. The zero-order valence-corrected chi connectivity index (χ0v) is 16.2. The van der Waals surface area contributed by atoms with Gasteiger partial charge in [-0.15, -0.1) is 11.8 Å². The standard InChI is InChI=1S/C20H28N2O3S/c1-16(18-7-8-18)22(13-17-5-3-2-4-6-17)20(24)15-26-14-19(23)21-9-11-25-12-10-21/h2-6,16,18H,7-15H2,1H3. The third kappa shape index (κ3) is 5.48. The van der Waals surface area contributed by atoms with Gasteiger partial charge in [0.05, 0.1) is 24.7 Å². The SMILES string of the molecule is CC(C1CC1)N(Cc1ccccc1)C(=O)CSCC(=O)N1CCOCC1. The van der Waals surface area contributed by atoms with Gasteiger partial charge >= 0.3 is 0 Å². The largest absolute Gasteiger partial charge is 0.378 e. The van der Waals surface area contributed by atoms with Crippen molar-refractivity contribution in [2.75, 3.05) is 37.8 Å². The normalized spacial score (nSPS) is 18.4. The minimum atomic E-state index is 0.107. The van der Waals surface area contributed by atoms with Gasteiger partial charge in [-0.1, -0.05) is 30.3 Å². The fourth-order valence-corrected chi connectivity index (χ4v) is 4.08. The van der Waals surface area contributed by atoms with E-state index in [4.69, 9.17) is 4.74 Å². The average Bonchev–Trinajstić information content (AvgIpc) is 3.52. The van der Waals surface area contributed by atoms with Crippen LogP contribution in [0.3, 0.4) is 0 Å². The van der Waals surface area contributed by atoms with Crippen LogP contribution in [0.15, 0.2) is 30.3 Å². The van der Waals surface area contributed by atoms with E-state index in [1.165, 1.54) is 24.6 Å².